The molecule has 2 rings (SSSR count). The van der Waals surface area contributed by atoms with Crippen LogP contribution in [0.15, 0.2) is 36.4 Å². The molecule has 1 fully saturated rings. The van der Waals surface area contributed by atoms with E-state index in [4.69, 9.17) is 4.74 Å². The van der Waals surface area contributed by atoms with Gasteiger partial charge in [-0.3, -0.25) is 0 Å². The first-order valence-corrected chi connectivity index (χ1v) is 5.66. The van der Waals surface area contributed by atoms with Crippen molar-refractivity contribution in [3.8, 4) is 0 Å². The molecule has 1 aromatic rings. The van der Waals surface area contributed by atoms with Crippen LogP contribution in [-0.2, 0) is 4.74 Å². The van der Waals surface area contributed by atoms with Crippen LogP contribution >= 0.6 is 0 Å². The number of likely N-dealkylation sites (N-methyl/N-ethyl adjacent to an activating group) is 1. The van der Waals surface area contributed by atoms with Crippen molar-refractivity contribution in [3.05, 3.63) is 36.4 Å². The van der Waals surface area contributed by atoms with Gasteiger partial charge in [-0.15, -0.1) is 0 Å². The van der Waals surface area contributed by atoms with Gasteiger partial charge in [0.2, 0.25) is 0 Å². The van der Waals surface area contributed by atoms with Gasteiger partial charge in [0.1, 0.15) is 0 Å². The van der Waals surface area contributed by atoms with E-state index >= 15 is 0 Å². The van der Waals surface area contributed by atoms with Gasteiger partial charge in [0.05, 0.1) is 13.2 Å². The molecule has 1 heterocycles. The van der Waals surface area contributed by atoms with Gasteiger partial charge < -0.3 is 9.64 Å². The lowest BCUT2D eigenvalue weighted by atomic mass is 10.4. The lowest BCUT2D eigenvalue weighted by molar-refractivity contribution is 0.0503. The molecule has 0 N–H and O–H groups in total. The van der Waals surface area contributed by atoms with Gasteiger partial charge in [-0.2, -0.15) is 0 Å². The fourth-order valence-corrected chi connectivity index (χ4v) is 1.04. The van der Waals surface area contributed by atoms with Crippen LogP contribution in [0, 0.1) is 0 Å². The normalized spacial score (nSPS) is 15.4. The average Bonchev–Trinajstić information content (AvgIpc) is 2.36. The Kier molecular flexibility index (Phi) is 10.6. The maximum absolute atomic E-state index is 5.10. The lowest BCUT2D eigenvalue weighted by Crippen LogP contribution is -2.32. The summed E-state index contributed by atoms with van der Waals surface area (Å²) in [6, 6.07) is 12.0. The van der Waals surface area contributed by atoms with Crippen molar-refractivity contribution >= 4 is 0 Å². The van der Waals surface area contributed by atoms with E-state index in [0.717, 1.165) is 26.3 Å². The van der Waals surface area contributed by atoms with Crippen LogP contribution < -0.4 is 0 Å². The molecule has 0 saturated carbocycles. The van der Waals surface area contributed by atoms with Crippen LogP contribution in [-0.4, -0.2) is 38.3 Å². The molecule has 1 saturated heterocycles. The van der Waals surface area contributed by atoms with Crippen molar-refractivity contribution in [2.24, 2.45) is 0 Å². The molecule has 0 aliphatic carbocycles. The first kappa shape index (κ1) is 14.1. The van der Waals surface area contributed by atoms with Crippen LogP contribution in [0.3, 0.4) is 0 Å². The van der Waals surface area contributed by atoms with Crippen LogP contribution in [0.25, 0.3) is 0 Å². The number of hydrogen-bond acceptors (Lipinski definition) is 2. The molecule has 86 valence electrons. The minimum absolute atomic E-state index is 0.913. The van der Waals surface area contributed by atoms with Crippen molar-refractivity contribution < 1.29 is 4.74 Å². The molecule has 1 aliphatic heterocycles. The maximum atomic E-state index is 5.10. The highest BCUT2D eigenvalue weighted by Gasteiger charge is 2.02. The summed E-state index contributed by atoms with van der Waals surface area (Å²) < 4.78 is 5.10. The second kappa shape index (κ2) is 11.2. The fraction of sp³-hybridized carbons (Fsp3) is 0.538. The van der Waals surface area contributed by atoms with Gasteiger partial charge in [0.25, 0.3) is 0 Å². The molecular formula is C13H23NO. The van der Waals surface area contributed by atoms with Crippen molar-refractivity contribution in [3.63, 3.8) is 0 Å². The van der Waals surface area contributed by atoms with Crippen molar-refractivity contribution in [1.29, 1.82) is 0 Å². The monoisotopic (exact) mass is 209 g/mol. The third kappa shape index (κ3) is 9.44. The van der Waals surface area contributed by atoms with Gasteiger partial charge in [0.15, 0.2) is 0 Å². The van der Waals surface area contributed by atoms with Gasteiger partial charge in [-0.05, 0) is 7.05 Å². The summed E-state index contributed by atoms with van der Waals surface area (Å²) in [7, 11) is 2.11. The van der Waals surface area contributed by atoms with Gasteiger partial charge in [-0.25, -0.2) is 0 Å². The van der Waals surface area contributed by atoms with Gasteiger partial charge in [0, 0.05) is 13.1 Å². The van der Waals surface area contributed by atoms with E-state index in [1.807, 2.05) is 50.2 Å². The number of morpholine rings is 1. The SMILES string of the molecule is CC.CN1CCOCC1.c1ccccc1. The third-order valence-corrected chi connectivity index (χ3v) is 1.90. The molecule has 0 aromatic heterocycles. The molecule has 2 nitrogen and oxygen atoms in total. The molecule has 1 aliphatic rings. The Morgan fingerprint density at radius 1 is 0.800 bits per heavy atom. The van der Waals surface area contributed by atoms with Crippen molar-refractivity contribution in [1.82, 2.24) is 4.90 Å². The summed E-state index contributed by atoms with van der Waals surface area (Å²) in [4.78, 5) is 2.27. The minimum Gasteiger partial charge on any atom is -0.379 e. The first-order chi connectivity index (χ1) is 7.39. The predicted molar refractivity (Wildman–Crippen MR) is 66.1 cm³/mol. The summed E-state index contributed by atoms with van der Waals surface area (Å²) in [5, 5.41) is 0. The standard InChI is InChI=1S/C6H6.C5H11NO.C2H6/c1-2-4-6-5-3-1;1-6-2-4-7-5-3-6;1-2/h1-6H;2-5H2,1H3;1-2H3. The molecule has 0 atom stereocenters. The number of ether oxygens (including phenoxy) is 1. The Morgan fingerprint density at radius 2 is 1.13 bits per heavy atom. The lowest BCUT2D eigenvalue weighted by Gasteiger charge is -2.21. The van der Waals surface area contributed by atoms with E-state index < -0.39 is 0 Å². The summed E-state index contributed by atoms with van der Waals surface area (Å²) >= 11 is 0. The largest absolute Gasteiger partial charge is 0.379 e. The number of nitrogens with zero attached hydrogens (tertiary/aromatic N) is 1. The zero-order valence-corrected chi connectivity index (χ0v) is 10.1. The Labute approximate surface area is 93.9 Å². The second-order valence-electron chi connectivity index (χ2n) is 3.07. The fourth-order valence-electron chi connectivity index (χ4n) is 1.04. The zero-order valence-electron chi connectivity index (χ0n) is 10.1. The van der Waals surface area contributed by atoms with E-state index in [0.29, 0.717) is 0 Å². The molecule has 0 radical (unpaired) electrons. The highest BCUT2D eigenvalue weighted by atomic mass is 16.5. The summed E-state index contributed by atoms with van der Waals surface area (Å²) in [5.74, 6) is 0. The van der Waals surface area contributed by atoms with E-state index in [9.17, 15) is 0 Å². The molecule has 1 aromatic carbocycles. The Balaban J connectivity index is 0.000000227. The molecular weight excluding hydrogens is 186 g/mol. The summed E-state index contributed by atoms with van der Waals surface area (Å²) in [5.41, 5.74) is 0. The van der Waals surface area contributed by atoms with Gasteiger partial charge >= 0.3 is 0 Å². The van der Waals surface area contributed by atoms with Crippen LogP contribution in [0.4, 0.5) is 0 Å². The van der Waals surface area contributed by atoms with E-state index in [-0.39, 0.29) is 0 Å². The third-order valence-electron chi connectivity index (χ3n) is 1.90. The van der Waals surface area contributed by atoms with Crippen molar-refractivity contribution in [2.45, 2.75) is 13.8 Å². The molecule has 15 heavy (non-hydrogen) atoms. The highest BCUT2D eigenvalue weighted by Crippen LogP contribution is 1.89. The summed E-state index contributed by atoms with van der Waals surface area (Å²) in [6.07, 6.45) is 0. The smallest absolute Gasteiger partial charge is 0.0594 e. The van der Waals surface area contributed by atoms with E-state index in [2.05, 4.69) is 11.9 Å². The van der Waals surface area contributed by atoms with E-state index in [1.54, 1.807) is 0 Å². The number of hydrogen-bond donors (Lipinski definition) is 0. The minimum atomic E-state index is 0.913. The van der Waals surface area contributed by atoms with E-state index in [1.165, 1.54) is 0 Å². The topological polar surface area (TPSA) is 12.5 Å². The number of rotatable bonds is 0. The van der Waals surface area contributed by atoms with Crippen LogP contribution in [0.5, 0.6) is 0 Å². The zero-order chi connectivity index (χ0) is 11.4. The quantitative estimate of drug-likeness (QED) is 0.651. The Hall–Kier alpha value is -0.860. The molecule has 0 bridgehead atoms. The molecule has 0 unspecified atom stereocenters. The first-order valence-electron chi connectivity index (χ1n) is 5.66. The Bertz CT molecular complexity index is 168. The predicted octanol–water partition coefficient (Wildman–Crippen LogP) is 2.66. The maximum Gasteiger partial charge on any atom is 0.0594 e. The average molecular weight is 209 g/mol. The number of benzene rings is 1. The highest BCUT2D eigenvalue weighted by molar-refractivity contribution is 4.99. The van der Waals surface area contributed by atoms with Crippen molar-refractivity contribution in [2.75, 3.05) is 33.4 Å². The molecule has 0 amide bonds. The van der Waals surface area contributed by atoms with Gasteiger partial charge in [-0.1, -0.05) is 50.2 Å². The Morgan fingerprint density at radius 3 is 1.33 bits per heavy atom. The molecule has 0 spiro atoms. The summed E-state index contributed by atoms with van der Waals surface area (Å²) in [6.45, 7) is 8.02. The van der Waals surface area contributed by atoms with Crippen LogP contribution in [0.1, 0.15) is 13.8 Å². The molecule has 2 heteroatoms. The second-order valence-corrected chi connectivity index (χ2v) is 3.07. The van der Waals surface area contributed by atoms with Crippen LogP contribution in [0.2, 0.25) is 0 Å².